The summed E-state index contributed by atoms with van der Waals surface area (Å²) in [6, 6.07) is 0. The first-order valence-electron chi connectivity index (χ1n) is 7.58. The van der Waals surface area contributed by atoms with Gasteiger partial charge in [-0.25, -0.2) is 0 Å². The second-order valence-electron chi connectivity index (χ2n) is 5.14. The quantitative estimate of drug-likeness (QED) is 0.439. The molecule has 1 amide bonds. The van der Waals surface area contributed by atoms with E-state index in [1.165, 1.54) is 38.5 Å². The summed E-state index contributed by atoms with van der Waals surface area (Å²) in [6.07, 6.45) is 19.7. The topological polar surface area (TPSA) is 29.1 Å². The highest BCUT2D eigenvalue weighted by atomic mass is 16.1. The Morgan fingerprint density at radius 1 is 1.00 bits per heavy atom. The van der Waals surface area contributed by atoms with Gasteiger partial charge in [-0.05, 0) is 19.3 Å². The molecule has 2 nitrogen and oxygen atoms in total. The molecule has 0 fully saturated rings. The van der Waals surface area contributed by atoms with Gasteiger partial charge in [0.2, 0.25) is 5.91 Å². The molecule has 106 valence electrons. The van der Waals surface area contributed by atoms with E-state index in [-0.39, 0.29) is 11.8 Å². The molecule has 0 unspecified atom stereocenters. The maximum atomic E-state index is 11.7. The van der Waals surface area contributed by atoms with E-state index >= 15 is 0 Å². The van der Waals surface area contributed by atoms with Crippen LogP contribution >= 0.6 is 0 Å². The Morgan fingerprint density at radius 2 is 1.58 bits per heavy atom. The molecule has 0 heterocycles. The average Bonchev–Trinajstić information content (AvgIpc) is 2.95. The van der Waals surface area contributed by atoms with Gasteiger partial charge in [-0.2, -0.15) is 0 Å². The number of carbonyl (C=O) groups is 1. The Morgan fingerprint density at radius 3 is 2.21 bits per heavy atom. The first kappa shape index (κ1) is 15.7. The smallest absolute Gasteiger partial charge is 0.230 e. The molecule has 1 N–H and O–H groups in total. The van der Waals surface area contributed by atoms with Crippen molar-refractivity contribution in [2.24, 2.45) is 5.92 Å². The molecule has 0 aromatic rings. The highest BCUT2D eigenvalue weighted by Crippen LogP contribution is 2.10. The Hall–Kier alpha value is -1.31. The van der Waals surface area contributed by atoms with E-state index in [1.807, 2.05) is 30.4 Å². The van der Waals surface area contributed by atoms with E-state index < -0.39 is 0 Å². The zero-order chi connectivity index (χ0) is 13.8. The number of unbranched alkanes of at least 4 members (excludes halogenated alkanes) is 7. The molecule has 0 radical (unpaired) electrons. The molecule has 1 rings (SSSR count). The Labute approximate surface area is 117 Å². The van der Waals surface area contributed by atoms with Gasteiger partial charge < -0.3 is 5.32 Å². The van der Waals surface area contributed by atoms with Crippen LogP contribution in [-0.4, -0.2) is 12.5 Å². The lowest BCUT2D eigenvalue weighted by Gasteiger charge is -2.07. The number of hydrogen-bond donors (Lipinski definition) is 1. The Balaban J connectivity index is 1.83. The fourth-order valence-electron chi connectivity index (χ4n) is 2.23. The molecule has 0 bridgehead atoms. The molecule has 0 aromatic carbocycles. The van der Waals surface area contributed by atoms with E-state index in [2.05, 4.69) is 11.9 Å². The Kier molecular flexibility index (Phi) is 8.78. The summed E-state index contributed by atoms with van der Waals surface area (Å²) < 4.78 is 0. The fourth-order valence-corrected chi connectivity index (χ4v) is 2.23. The number of hydrogen-bond acceptors (Lipinski definition) is 1. The molecule has 0 aliphatic heterocycles. The number of nitrogens with one attached hydrogen (secondary N) is 1. The SMILES string of the molecule is C=CCCCCCCCCCNC(=O)C1C=CC=C1. The molecule has 0 spiro atoms. The maximum absolute atomic E-state index is 11.7. The van der Waals surface area contributed by atoms with Crippen LogP contribution in [0.1, 0.15) is 51.4 Å². The normalized spacial score (nSPS) is 13.9. The molecule has 0 saturated carbocycles. The lowest BCUT2D eigenvalue weighted by molar-refractivity contribution is -0.122. The third-order valence-corrected chi connectivity index (χ3v) is 3.44. The van der Waals surface area contributed by atoms with Crippen molar-refractivity contribution in [3.8, 4) is 0 Å². The van der Waals surface area contributed by atoms with E-state index in [1.54, 1.807) is 0 Å². The lowest BCUT2D eigenvalue weighted by Crippen LogP contribution is -2.29. The Bertz CT molecular complexity index is 305. The molecule has 0 aromatic heterocycles. The van der Waals surface area contributed by atoms with Gasteiger partial charge in [-0.1, -0.05) is 62.5 Å². The van der Waals surface area contributed by atoms with Crippen LogP contribution < -0.4 is 5.32 Å². The summed E-state index contributed by atoms with van der Waals surface area (Å²) in [5.74, 6) is 0.0966. The number of rotatable bonds is 11. The van der Waals surface area contributed by atoms with Gasteiger partial charge in [0.15, 0.2) is 0 Å². The van der Waals surface area contributed by atoms with Crippen LogP contribution in [0.15, 0.2) is 37.0 Å². The number of allylic oxidation sites excluding steroid dienone is 3. The molecule has 1 aliphatic carbocycles. The summed E-state index contributed by atoms with van der Waals surface area (Å²) in [5, 5.41) is 2.99. The van der Waals surface area contributed by atoms with Crippen molar-refractivity contribution < 1.29 is 4.79 Å². The molecule has 2 heteroatoms. The van der Waals surface area contributed by atoms with Crippen molar-refractivity contribution >= 4 is 5.91 Å². The lowest BCUT2D eigenvalue weighted by atomic mass is 10.1. The molecular formula is C17H27NO. The summed E-state index contributed by atoms with van der Waals surface area (Å²) >= 11 is 0. The highest BCUT2D eigenvalue weighted by Gasteiger charge is 2.12. The predicted molar refractivity (Wildman–Crippen MR) is 81.9 cm³/mol. The van der Waals surface area contributed by atoms with Crippen LogP contribution in [0, 0.1) is 5.92 Å². The zero-order valence-corrected chi connectivity index (χ0v) is 11.9. The first-order chi connectivity index (χ1) is 9.34. The van der Waals surface area contributed by atoms with E-state index in [0.717, 1.165) is 19.4 Å². The minimum absolute atomic E-state index is 0.0372. The van der Waals surface area contributed by atoms with Gasteiger partial charge in [0, 0.05) is 6.54 Å². The molecular weight excluding hydrogens is 234 g/mol. The molecule has 19 heavy (non-hydrogen) atoms. The van der Waals surface area contributed by atoms with Gasteiger partial charge >= 0.3 is 0 Å². The van der Waals surface area contributed by atoms with Gasteiger partial charge in [0.25, 0.3) is 0 Å². The largest absolute Gasteiger partial charge is 0.355 e. The minimum atomic E-state index is -0.0372. The van der Waals surface area contributed by atoms with E-state index in [9.17, 15) is 4.79 Å². The van der Waals surface area contributed by atoms with E-state index in [4.69, 9.17) is 0 Å². The summed E-state index contributed by atoms with van der Waals surface area (Å²) in [4.78, 5) is 11.7. The molecule has 0 atom stereocenters. The van der Waals surface area contributed by atoms with Gasteiger partial charge in [0.1, 0.15) is 0 Å². The van der Waals surface area contributed by atoms with Crippen LogP contribution in [0.2, 0.25) is 0 Å². The van der Waals surface area contributed by atoms with Crippen molar-refractivity contribution in [1.82, 2.24) is 5.32 Å². The van der Waals surface area contributed by atoms with Gasteiger partial charge in [-0.15, -0.1) is 6.58 Å². The van der Waals surface area contributed by atoms with Crippen LogP contribution in [0.5, 0.6) is 0 Å². The van der Waals surface area contributed by atoms with Crippen LogP contribution in [0.3, 0.4) is 0 Å². The predicted octanol–water partition coefficient (Wildman–Crippen LogP) is 4.15. The fraction of sp³-hybridized carbons (Fsp3) is 0.588. The van der Waals surface area contributed by atoms with Crippen molar-refractivity contribution in [2.45, 2.75) is 51.4 Å². The van der Waals surface area contributed by atoms with Crippen molar-refractivity contribution in [3.63, 3.8) is 0 Å². The monoisotopic (exact) mass is 261 g/mol. The van der Waals surface area contributed by atoms with Gasteiger partial charge in [0.05, 0.1) is 5.92 Å². The maximum Gasteiger partial charge on any atom is 0.230 e. The standard InChI is InChI=1S/C17H27NO/c1-2-3-4-5-6-7-8-9-12-15-18-17(19)16-13-10-11-14-16/h2,10-11,13-14,16H,1,3-9,12,15H2,(H,18,19). The van der Waals surface area contributed by atoms with Crippen LogP contribution in [-0.2, 0) is 4.79 Å². The van der Waals surface area contributed by atoms with Crippen molar-refractivity contribution in [2.75, 3.05) is 6.54 Å². The number of carbonyl (C=O) groups excluding carboxylic acids is 1. The minimum Gasteiger partial charge on any atom is -0.355 e. The second-order valence-corrected chi connectivity index (χ2v) is 5.14. The van der Waals surface area contributed by atoms with Crippen molar-refractivity contribution in [1.29, 1.82) is 0 Å². The number of amides is 1. The highest BCUT2D eigenvalue weighted by molar-refractivity contribution is 5.83. The van der Waals surface area contributed by atoms with Crippen LogP contribution in [0.25, 0.3) is 0 Å². The molecule has 1 aliphatic rings. The summed E-state index contributed by atoms with van der Waals surface area (Å²) in [6.45, 7) is 4.54. The van der Waals surface area contributed by atoms with E-state index in [0.29, 0.717) is 0 Å². The van der Waals surface area contributed by atoms with Crippen molar-refractivity contribution in [3.05, 3.63) is 37.0 Å². The third kappa shape index (κ3) is 7.66. The zero-order valence-electron chi connectivity index (χ0n) is 11.9. The van der Waals surface area contributed by atoms with Crippen LogP contribution in [0.4, 0.5) is 0 Å². The molecule has 0 saturated heterocycles. The first-order valence-corrected chi connectivity index (χ1v) is 7.58. The summed E-state index contributed by atoms with van der Waals surface area (Å²) in [5.41, 5.74) is 0. The average molecular weight is 261 g/mol. The third-order valence-electron chi connectivity index (χ3n) is 3.44. The summed E-state index contributed by atoms with van der Waals surface area (Å²) in [7, 11) is 0. The van der Waals surface area contributed by atoms with Gasteiger partial charge in [-0.3, -0.25) is 4.79 Å². The second kappa shape index (κ2) is 10.6.